The molecule has 0 bridgehead atoms. The zero-order chi connectivity index (χ0) is 22.0. The van der Waals surface area contributed by atoms with E-state index >= 15 is 0 Å². The van der Waals surface area contributed by atoms with Crippen molar-refractivity contribution >= 4 is 17.4 Å². The highest BCUT2D eigenvalue weighted by atomic mass is 19.1. The van der Waals surface area contributed by atoms with Crippen molar-refractivity contribution in [1.29, 1.82) is 0 Å². The van der Waals surface area contributed by atoms with Gasteiger partial charge in [0.05, 0.1) is 5.69 Å². The number of hydrogen-bond acceptors (Lipinski definition) is 3. The summed E-state index contributed by atoms with van der Waals surface area (Å²) in [5.74, 6) is -2.31. The van der Waals surface area contributed by atoms with E-state index in [0.717, 1.165) is 18.9 Å². The minimum absolute atomic E-state index is 0.0944. The molecule has 0 saturated heterocycles. The quantitative estimate of drug-likeness (QED) is 0.139. The van der Waals surface area contributed by atoms with Crippen molar-refractivity contribution in [2.24, 2.45) is 0 Å². The number of carbonyl (C=O) groups excluding carboxylic acids is 1. The maximum atomic E-state index is 14.1. The van der Waals surface area contributed by atoms with Gasteiger partial charge in [-0.25, -0.2) is 4.39 Å². The lowest BCUT2D eigenvalue weighted by Gasteiger charge is -2.09. The fraction of sp³-hybridized carbons (Fsp3) is 0.680. The van der Waals surface area contributed by atoms with Gasteiger partial charge in [0.25, 0.3) is 0 Å². The molecule has 0 atom stereocenters. The molecule has 170 valence electrons. The van der Waals surface area contributed by atoms with Crippen LogP contribution >= 0.6 is 0 Å². The first-order valence-electron chi connectivity index (χ1n) is 11.8. The zero-order valence-corrected chi connectivity index (χ0v) is 18.7. The molecular formula is C25H40FNO3. The van der Waals surface area contributed by atoms with E-state index in [9.17, 15) is 14.0 Å². The number of ketones is 1. The van der Waals surface area contributed by atoms with E-state index in [1.807, 2.05) is 0 Å². The Morgan fingerprint density at radius 2 is 1.33 bits per heavy atom. The van der Waals surface area contributed by atoms with Gasteiger partial charge in [-0.1, -0.05) is 90.4 Å². The van der Waals surface area contributed by atoms with Crippen molar-refractivity contribution < 1.29 is 19.1 Å². The van der Waals surface area contributed by atoms with Gasteiger partial charge in [0.15, 0.2) is 5.78 Å². The van der Waals surface area contributed by atoms with Gasteiger partial charge >= 0.3 is 5.97 Å². The molecule has 0 aromatic heterocycles. The number of anilines is 1. The molecule has 0 fully saturated rings. The second-order valence-electron chi connectivity index (χ2n) is 8.21. The molecule has 0 unspecified atom stereocenters. The molecule has 0 saturated carbocycles. The van der Waals surface area contributed by atoms with Crippen molar-refractivity contribution in [2.45, 2.75) is 103 Å². The third kappa shape index (κ3) is 12.6. The van der Waals surface area contributed by atoms with Crippen LogP contribution in [0.15, 0.2) is 18.2 Å². The second-order valence-corrected chi connectivity index (χ2v) is 8.21. The van der Waals surface area contributed by atoms with Crippen LogP contribution in [-0.4, -0.2) is 23.4 Å². The minimum Gasteiger partial charge on any atom is -0.481 e. The van der Waals surface area contributed by atoms with E-state index in [2.05, 4.69) is 12.2 Å². The van der Waals surface area contributed by atoms with Crippen molar-refractivity contribution in [1.82, 2.24) is 0 Å². The Labute approximate surface area is 181 Å². The predicted molar refractivity (Wildman–Crippen MR) is 122 cm³/mol. The Kier molecular flexibility index (Phi) is 14.7. The largest absolute Gasteiger partial charge is 0.481 e. The molecule has 2 N–H and O–H groups in total. The summed E-state index contributed by atoms with van der Waals surface area (Å²) in [5, 5.41) is 11.7. The summed E-state index contributed by atoms with van der Waals surface area (Å²) < 4.78 is 14.1. The molecule has 1 aromatic carbocycles. The molecule has 0 heterocycles. The summed E-state index contributed by atoms with van der Waals surface area (Å²) in [5.41, 5.74) is 0.452. The zero-order valence-electron chi connectivity index (χ0n) is 18.7. The predicted octanol–water partition coefficient (Wildman–Crippen LogP) is 7.38. The molecule has 5 heteroatoms. The van der Waals surface area contributed by atoms with Gasteiger partial charge in [-0.2, -0.15) is 0 Å². The summed E-state index contributed by atoms with van der Waals surface area (Å²) in [6.07, 6.45) is 17.6. The van der Waals surface area contributed by atoms with E-state index in [4.69, 9.17) is 5.11 Å². The summed E-state index contributed by atoms with van der Waals surface area (Å²) in [4.78, 5) is 22.2. The van der Waals surface area contributed by atoms with Gasteiger partial charge in [0.2, 0.25) is 0 Å². The molecule has 1 aromatic rings. The first-order chi connectivity index (χ1) is 14.5. The molecule has 30 heavy (non-hydrogen) atoms. The number of Topliss-reactive ketones (excluding diaryl/α,β-unsaturated/α-hetero) is 1. The number of rotatable bonds is 19. The lowest BCUT2D eigenvalue weighted by Crippen LogP contribution is -2.08. The van der Waals surface area contributed by atoms with Crippen LogP contribution in [0.2, 0.25) is 0 Å². The van der Waals surface area contributed by atoms with Crippen LogP contribution in [0.5, 0.6) is 0 Å². The molecular weight excluding hydrogens is 381 g/mol. The maximum Gasteiger partial charge on any atom is 0.311 e. The molecule has 0 spiro atoms. The van der Waals surface area contributed by atoms with Crippen LogP contribution in [0.1, 0.15) is 114 Å². The summed E-state index contributed by atoms with van der Waals surface area (Å²) in [6, 6.07) is 4.09. The van der Waals surface area contributed by atoms with Gasteiger partial charge in [0.1, 0.15) is 12.2 Å². The van der Waals surface area contributed by atoms with E-state index < -0.39 is 24.0 Å². The Morgan fingerprint density at radius 3 is 1.80 bits per heavy atom. The van der Waals surface area contributed by atoms with Crippen LogP contribution in [-0.2, 0) is 4.79 Å². The van der Waals surface area contributed by atoms with Crippen LogP contribution in [0.3, 0.4) is 0 Å². The number of carboxylic acid groups (broad SMARTS) is 1. The number of halogens is 1. The summed E-state index contributed by atoms with van der Waals surface area (Å²) in [6.45, 7) is 2.95. The lowest BCUT2D eigenvalue weighted by molar-refractivity contribution is -0.135. The van der Waals surface area contributed by atoms with Gasteiger partial charge in [-0.3, -0.25) is 9.59 Å². The third-order valence-corrected chi connectivity index (χ3v) is 5.45. The number of nitrogens with one attached hydrogen (secondary N) is 1. The van der Waals surface area contributed by atoms with Crippen LogP contribution in [0.4, 0.5) is 10.1 Å². The molecule has 0 aliphatic heterocycles. The van der Waals surface area contributed by atoms with Gasteiger partial charge in [0, 0.05) is 12.1 Å². The van der Waals surface area contributed by atoms with E-state index in [0.29, 0.717) is 12.2 Å². The van der Waals surface area contributed by atoms with Crippen LogP contribution < -0.4 is 5.32 Å². The highest BCUT2D eigenvalue weighted by Crippen LogP contribution is 2.18. The number of carboxylic acids is 1. The van der Waals surface area contributed by atoms with Gasteiger partial charge in [-0.15, -0.1) is 0 Å². The minimum atomic E-state index is -1.21. The van der Waals surface area contributed by atoms with E-state index in [1.54, 1.807) is 0 Å². The van der Waals surface area contributed by atoms with E-state index in [-0.39, 0.29) is 5.56 Å². The highest BCUT2D eigenvalue weighted by Gasteiger charge is 2.12. The lowest BCUT2D eigenvalue weighted by atomic mass is 10.0. The normalized spacial score (nSPS) is 10.9. The number of carbonyl (C=O) groups is 2. The Bertz CT molecular complexity index is 618. The smallest absolute Gasteiger partial charge is 0.311 e. The molecule has 0 radical (unpaired) electrons. The average Bonchev–Trinajstić information content (AvgIpc) is 2.71. The fourth-order valence-electron chi connectivity index (χ4n) is 3.61. The number of aliphatic carboxylic acids is 1. The Hall–Kier alpha value is -1.91. The van der Waals surface area contributed by atoms with Gasteiger partial charge in [-0.05, 0) is 24.6 Å². The number of hydrogen-bond donors (Lipinski definition) is 2. The molecule has 0 amide bonds. The highest BCUT2D eigenvalue weighted by molar-refractivity contribution is 6.05. The first kappa shape index (κ1) is 26.1. The first-order valence-corrected chi connectivity index (χ1v) is 11.8. The van der Waals surface area contributed by atoms with E-state index in [1.165, 1.54) is 89.2 Å². The van der Waals surface area contributed by atoms with Crippen molar-refractivity contribution in [3.63, 3.8) is 0 Å². The third-order valence-electron chi connectivity index (χ3n) is 5.45. The molecule has 4 nitrogen and oxygen atoms in total. The molecule has 0 aliphatic carbocycles. The second kappa shape index (κ2) is 16.8. The summed E-state index contributed by atoms with van der Waals surface area (Å²) >= 11 is 0. The standard InChI is InChI=1S/C25H40FNO3/c1-2-3-4-5-6-7-8-9-10-11-12-13-14-15-18-27-23-17-16-21(19-22(23)26)24(28)20-25(29)30/h16-17,19,27H,2-15,18,20H2,1H3,(H,29,30). The monoisotopic (exact) mass is 421 g/mol. The molecule has 0 aliphatic rings. The Balaban J connectivity index is 2.00. The number of unbranched alkanes of at least 4 members (excludes halogenated alkanes) is 13. The van der Waals surface area contributed by atoms with Crippen LogP contribution in [0, 0.1) is 5.82 Å². The topological polar surface area (TPSA) is 66.4 Å². The maximum absolute atomic E-state index is 14.1. The van der Waals surface area contributed by atoms with Crippen molar-refractivity contribution in [3.05, 3.63) is 29.6 Å². The van der Waals surface area contributed by atoms with Crippen molar-refractivity contribution in [3.8, 4) is 0 Å². The number of benzene rings is 1. The Morgan fingerprint density at radius 1 is 0.833 bits per heavy atom. The SMILES string of the molecule is CCCCCCCCCCCCCCCCNc1ccc(C(=O)CC(=O)O)cc1F. The van der Waals surface area contributed by atoms with Gasteiger partial charge < -0.3 is 10.4 Å². The van der Waals surface area contributed by atoms with Crippen LogP contribution in [0.25, 0.3) is 0 Å². The van der Waals surface area contributed by atoms with Crippen molar-refractivity contribution in [2.75, 3.05) is 11.9 Å². The average molecular weight is 422 g/mol. The molecule has 1 rings (SSSR count). The fourth-order valence-corrected chi connectivity index (χ4v) is 3.61. The summed E-state index contributed by atoms with van der Waals surface area (Å²) in [7, 11) is 0.